The molecule has 164 valence electrons. The Balaban J connectivity index is 0.000000423. The molecule has 2 aromatic heterocycles. The van der Waals surface area contributed by atoms with Crippen molar-refractivity contribution in [3.05, 3.63) is 59.9 Å². The number of carbonyl (C=O) groups is 2. The molecule has 1 aromatic carbocycles. The molecule has 0 aliphatic rings. The number of rotatable bonds is 4. The van der Waals surface area contributed by atoms with Crippen molar-refractivity contribution in [3.63, 3.8) is 0 Å². The number of hydrogen-bond donors (Lipinski definition) is 2. The number of ether oxygens (including phenoxy) is 1. The quantitative estimate of drug-likeness (QED) is 0.643. The fourth-order valence-electron chi connectivity index (χ4n) is 2.23. The Morgan fingerprint density at radius 2 is 1.71 bits per heavy atom. The highest BCUT2D eigenvalue weighted by molar-refractivity contribution is 6.02. The highest BCUT2D eigenvalue weighted by Crippen LogP contribution is 2.17. The molecule has 0 aliphatic heterocycles. The van der Waals surface area contributed by atoms with E-state index in [1.807, 2.05) is 42.7 Å². The fourth-order valence-corrected chi connectivity index (χ4v) is 2.23. The van der Waals surface area contributed by atoms with E-state index in [2.05, 4.69) is 20.3 Å². The van der Waals surface area contributed by atoms with Crippen molar-refractivity contribution >= 4 is 17.6 Å². The van der Waals surface area contributed by atoms with Gasteiger partial charge in [-0.1, -0.05) is 0 Å². The summed E-state index contributed by atoms with van der Waals surface area (Å²) in [5.41, 5.74) is 3.97. The summed E-state index contributed by atoms with van der Waals surface area (Å²) in [4.78, 5) is 33.3. The standard InChI is InChI=1S/C17H17N5O2.C2HF3O2/c1-11-12(2)22(10-19-11)14-6-4-13(5-7-14)20-16(23)15-8-9-18-17(21-15)24-3;3-2(4,5)1(6)7/h4-10H,1-3H3,(H,20,23);(H,6,7). The fraction of sp³-hybridized carbons (Fsp3) is 0.211. The molecule has 0 aliphatic carbocycles. The minimum absolute atomic E-state index is 0.156. The van der Waals surface area contributed by atoms with Crippen molar-refractivity contribution in [3.8, 4) is 11.7 Å². The number of nitrogens with zero attached hydrogens (tertiary/aromatic N) is 4. The number of hydrogen-bond acceptors (Lipinski definition) is 6. The molecule has 9 nitrogen and oxygen atoms in total. The minimum atomic E-state index is -5.08. The molecule has 3 rings (SSSR count). The molecule has 0 radical (unpaired) electrons. The van der Waals surface area contributed by atoms with Gasteiger partial charge in [-0.3, -0.25) is 4.79 Å². The number of nitrogens with one attached hydrogen (secondary N) is 1. The third kappa shape index (κ3) is 6.26. The third-order valence-corrected chi connectivity index (χ3v) is 3.95. The van der Waals surface area contributed by atoms with Gasteiger partial charge in [0.05, 0.1) is 19.1 Å². The Labute approximate surface area is 174 Å². The molecule has 31 heavy (non-hydrogen) atoms. The number of carbonyl (C=O) groups excluding carboxylic acids is 1. The van der Waals surface area contributed by atoms with Crippen LogP contribution in [0.25, 0.3) is 5.69 Å². The number of halogens is 3. The van der Waals surface area contributed by atoms with Gasteiger partial charge in [-0.05, 0) is 44.2 Å². The zero-order valence-corrected chi connectivity index (χ0v) is 16.6. The molecule has 3 aromatic rings. The first-order chi connectivity index (χ1) is 14.5. The van der Waals surface area contributed by atoms with Gasteiger partial charge in [-0.15, -0.1) is 0 Å². The van der Waals surface area contributed by atoms with Crippen molar-refractivity contribution in [1.82, 2.24) is 19.5 Å². The maximum atomic E-state index is 12.2. The van der Waals surface area contributed by atoms with E-state index < -0.39 is 12.1 Å². The van der Waals surface area contributed by atoms with Crippen LogP contribution in [0.3, 0.4) is 0 Å². The molecule has 0 bridgehead atoms. The van der Waals surface area contributed by atoms with Crippen LogP contribution in [0.1, 0.15) is 21.9 Å². The van der Waals surface area contributed by atoms with Crippen LogP contribution in [0.4, 0.5) is 18.9 Å². The van der Waals surface area contributed by atoms with Gasteiger partial charge >= 0.3 is 18.2 Å². The molecular formula is C19H18F3N5O4. The van der Waals surface area contributed by atoms with E-state index >= 15 is 0 Å². The molecule has 0 unspecified atom stereocenters. The molecule has 0 saturated heterocycles. The third-order valence-electron chi connectivity index (χ3n) is 3.95. The highest BCUT2D eigenvalue weighted by Gasteiger charge is 2.38. The first-order valence-electron chi connectivity index (χ1n) is 8.62. The van der Waals surface area contributed by atoms with Crippen molar-refractivity contribution in [2.75, 3.05) is 12.4 Å². The Kier molecular flexibility index (Phi) is 7.29. The summed E-state index contributed by atoms with van der Waals surface area (Å²) >= 11 is 0. The van der Waals surface area contributed by atoms with Crippen LogP contribution in [-0.4, -0.2) is 49.8 Å². The maximum Gasteiger partial charge on any atom is 0.490 e. The Hall–Kier alpha value is -3.96. The number of aliphatic carboxylic acids is 1. The summed E-state index contributed by atoms with van der Waals surface area (Å²) in [6.45, 7) is 3.98. The second kappa shape index (κ2) is 9.69. The lowest BCUT2D eigenvalue weighted by atomic mass is 10.2. The molecule has 2 N–H and O–H groups in total. The number of alkyl halides is 3. The molecule has 0 atom stereocenters. The number of aromatic nitrogens is 4. The van der Waals surface area contributed by atoms with Gasteiger partial charge in [0.1, 0.15) is 5.69 Å². The molecule has 2 heterocycles. The monoisotopic (exact) mass is 437 g/mol. The number of amides is 1. The van der Waals surface area contributed by atoms with Crippen molar-refractivity contribution in [2.45, 2.75) is 20.0 Å². The predicted octanol–water partition coefficient (Wildman–Crippen LogP) is 3.17. The van der Waals surface area contributed by atoms with E-state index in [1.165, 1.54) is 19.4 Å². The van der Waals surface area contributed by atoms with E-state index in [-0.39, 0.29) is 17.6 Å². The first-order valence-corrected chi connectivity index (χ1v) is 8.62. The average molecular weight is 437 g/mol. The SMILES string of the molecule is COc1nccc(C(=O)Nc2ccc(-n3cnc(C)c3C)cc2)n1.O=C(O)C(F)(F)F. The second-order valence-electron chi connectivity index (χ2n) is 6.02. The number of imidazole rings is 1. The lowest BCUT2D eigenvalue weighted by Crippen LogP contribution is -2.21. The van der Waals surface area contributed by atoms with Crippen LogP contribution in [0.15, 0.2) is 42.9 Å². The number of carboxylic acid groups (broad SMARTS) is 1. The van der Waals surface area contributed by atoms with Crippen LogP contribution in [0.2, 0.25) is 0 Å². The Morgan fingerprint density at radius 3 is 2.19 bits per heavy atom. The number of aryl methyl sites for hydroxylation is 1. The van der Waals surface area contributed by atoms with Gasteiger partial charge in [-0.2, -0.15) is 18.2 Å². The van der Waals surface area contributed by atoms with Crippen LogP contribution in [0, 0.1) is 13.8 Å². The van der Waals surface area contributed by atoms with Crippen molar-refractivity contribution < 1.29 is 32.6 Å². The Bertz CT molecular complexity index is 1070. The topological polar surface area (TPSA) is 119 Å². The highest BCUT2D eigenvalue weighted by atomic mass is 19.4. The normalized spacial score (nSPS) is 10.6. The molecule has 1 amide bonds. The summed E-state index contributed by atoms with van der Waals surface area (Å²) in [6.07, 6.45) is -1.82. The molecule has 12 heteroatoms. The second-order valence-corrected chi connectivity index (χ2v) is 6.02. The van der Waals surface area contributed by atoms with Crippen LogP contribution in [-0.2, 0) is 4.79 Å². The van der Waals surface area contributed by atoms with Gasteiger partial charge in [-0.25, -0.2) is 14.8 Å². The van der Waals surface area contributed by atoms with E-state index in [9.17, 15) is 18.0 Å². The van der Waals surface area contributed by atoms with E-state index in [0.29, 0.717) is 5.69 Å². The summed E-state index contributed by atoms with van der Waals surface area (Å²) in [7, 11) is 1.45. The van der Waals surface area contributed by atoms with Crippen LogP contribution < -0.4 is 10.1 Å². The Morgan fingerprint density at radius 1 is 1.10 bits per heavy atom. The van der Waals surface area contributed by atoms with Gasteiger partial charge in [0, 0.05) is 23.3 Å². The number of methoxy groups -OCH3 is 1. The molecule has 0 spiro atoms. The zero-order valence-electron chi connectivity index (χ0n) is 16.6. The van der Waals surface area contributed by atoms with Crippen molar-refractivity contribution in [1.29, 1.82) is 0 Å². The van der Waals surface area contributed by atoms with Gasteiger partial charge in [0.2, 0.25) is 0 Å². The molecule has 0 fully saturated rings. The van der Waals surface area contributed by atoms with Crippen LogP contribution >= 0.6 is 0 Å². The van der Waals surface area contributed by atoms with Gasteiger partial charge < -0.3 is 19.7 Å². The van der Waals surface area contributed by atoms with E-state index in [0.717, 1.165) is 17.1 Å². The smallest absolute Gasteiger partial charge is 0.475 e. The minimum Gasteiger partial charge on any atom is -0.475 e. The van der Waals surface area contributed by atoms with Crippen molar-refractivity contribution in [2.24, 2.45) is 0 Å². The summed E-state index contributed by atoms with van der Waals surface area (Å²) < 4.78 is 38.7. The molecular weight excluding hydrogens is 419 g/mol. The summed E-state index contributed by atoms with van der Waals surface area (Å²) in [5, 5.41) is 9.92. The average Bonchev–Trinajstić information content (AvgIpc) is 3.07. The summed E-state index contributed by atoms with van der Waals surface area (Å²) in [5.74, 6) is -3.08. The molecule has 0 saturated carbocycles. The zero-order chi connectivity index (χ0) is 23.2. The van der Waals surface area contributed by atoms with Gasteiger partial charge in [0.15, 0.2) is 0 Å². The number of carboxylic acids is 1. The number of anilines is 1. The maximum absolute atomic E-state index is 12.2. The lowest BCUT2D eigenvalue weighted by Gasteiger charge is -2.08. The van der Waals surface area contributed by atoms with E-state index in [4.69, 9.17) is 14.6 Å². The number of benzene rings is 1. The van der Waals surface area contributed by atoms with Gasteiger partial charge in [0.25, 0.3) is 5.91 Å². The first kappa shape index (κ1) is 23.3. The lowest BCUT2D eigenvalue weighted by molar-refractivity contribution is -0.192. The largest absolute Gasteiger partial charge is 0.490 e. The van der Waals surface area contributed by atoms with Crippen LogP contribution in [0.5, 0.6) is 6.01 Å². The summed E-state index contributed by atoms with van der Waals surface area (Å²) in [6, 6.07) is 9.20. The van der Waals surface area contributed by atoms with E-state index in [1.54, 1.807) is 6.33 Å². The predicted molar refractivity (Wildman–Crippen MR) is 103 cm³/mol.